The van der Waals surface area contributed by atoms with E-state index in [0.717, 1.165) is 16.8 Å². The molecule has 132 valence electrons. The molecule has 0 spiro atoms. The summed E-state index contributed by atoms with van der Waals surface area (Å²) in [6.07, 6.45) is 2.99. The minimum absolute atomic E-state index is 0.0929. The van der Waals surface area contributed by atoms with E-state index >= 15 is 0 Å². The highest BCUT2D eigenvalue weighted by Gasteiger charge is 2.25. The number of pyridine rings is 1. The lowest BCUT2D eigenvalue weighted by molar-refractivity contribution is 0.185. The van der Waals surface area contributed by atoms with Gasteiger partial charge in [0.05, 0.1) is 17.8 Å². The molecule has 3 N–H and O–H groups in total. The van der Waals surface area contributed by atoms with E-state index in [1.165, 1.54) is 0 Å². The number of nitrogens with zero attached hydrogens (tertiary/aromatic N) is 3. The number of anilines is 1. The number of aliphatic hydroxyl groups excluding tert-OH is 1. The maximum absolute atomic E-state index is 10.1. The molecule has 3 heterocycles. The average molecular weight is 368 g/mol. The Morgan fingerprint density at radius 2 is 1.92 bits per heavy atom. The lowest BCUT2D eigenvalue weighted by Gasteiger charge is -2.17. The molecule has 0 unspecified atom stereocenters. The van der Waals surface area contributed by atoms with Crippen molar-refractivity contribution in [1.82, 2.24) is 20.3 Å². The van der Waals surface area contributed by atoms with Gasteiger partial charge in [0, 0.05) is 47.7 Å². The van der Waals surface area contributed by atoms with Gasteiger partial charge in [-0.05, 0) is 24.3 Å². The molecule has 0 bridgehead atoms. The first-order valence-electron chi connectivity index (χ1n) is 8.40. The molecular formula is C19H18ClN5O. The number of hydrogen-bond donors (Lipinski definition) is 3. The molecule has 3 aromatic rings. The quantitative estimate of drug-likeness (QED) is 0.657. The van der Waals surface area contributed by atoms with Gasteiger partial charge in [0.1, 0.15) is 5.82 Å². The summed E-state index contributed by atoms with van der Waals surface area (Å²) < 4.78 is 0. The Morgan fingerprint density at radius 1 is 1.08 bits per heavy atom. The largest absolute Gasteiger partial charge is 0.390 e. The molecule has 1 aliphatic rings. The summed E-state index contributed by atoms with van der Waals surface area (Å²) in [5.74, 6) is 1.24. The summed E-state index contributed by atoms with van der Waals surface area (Å²) in [6, 6.07) is 13.1. The van der Waals surface area contributed by atoms with Crippen molar-refractivity contribution < 1.29 is 5.11 Å². The number of aliphatic hydroxyl groups is 1. The van der Waals surface area contributed by atoms with E-state index in [1.54, 1.807) is 12.4 Å². The maximum Gasteiger partial charge on any atom is 0.163 e. The summed E-state index contributed by atoms with van der Waals surface area (Å²) in [4.78, 5) is 13.5. The van der Waals surface area contributed by atoms with Crippen molar-refractivity contribution in [2.45, 2.75) is 12.1 Å². The van der Waals surface area contributed by atoms with Gasteiger partial charge in [0.15, 0.2) is 5.82 Å². The van der Waals surface area contributed by atoms with Crippen LogP contribution in [0.15, 0.2) is 54.9 Å². The van der Waals surface area contributed by atoms with E-state index < -0.39 is 6.10 Å². The number of rotatable bonds is 4. The second-order valence-corrected chi connectivity index (χ2v) is 6.62. The summed E-state index contributed by atoms with van der Waals surface area (Å²) in [7, 11) is 0. The number of benzene rings is 1. The number of hydrogen-bond acceptors (Lipinski definition) is 6. The monoisotopic (exact) mass is 367 g/mol. The molecular weight excluding hydrogens is 350 g/mol. The van der Waals surface area contributed by atoms with Crippen molar-refractivity contribution in [2.75, 3.05) is 18.4 Å². The third-order valence-electron chi connectivity index (χ3n) is 4.30. The van der Waals surface area contributed by atoms with Crippen LogP contribution in [0.2, 0.25) is 5.02 Å². The van der Waals surface area contributed by atoms with Crippen LogP contribution in [0.25, 0.3) is 22.6 Å². The van der Waals surface area contributed by atoms with Crippen LogP contribution in [0, 0.1) is 0 Å². The average Bonchev–Trinajstić information content (AvgIpc) is 3.07. The fraction of sp³-hybridized carbons (Fsp3) is 0.211. The highest BCUT2D eigenvalue weighted by atomic mass is 35.5. The van der Waals surface area contributed by atoms with Crippen LogP contribution in [-0.2, 0) is 0 Å². The van der Waals surface area contributed by atoms with Crippen LogP contribution in [0.1, 0.15) is 0 Å². The van der Waals surface area contributed by atoms with Crippen molar-refractivity contribution in [3.05, 3.63) is 59.9 Å². The molecule has 1 fully saturated rings. The highest BCUT2D eigenvalue weighted by Crippen LogP contribution is 2.26. The van der Waals surface area contributed by atoms with Crippen molar-refractivity contribution in [1.29, 1.82) is 0 Å². The lowest BCUT2D eigenvalue weighted by atomic mass is 10.1. The topological polar surface area (TPSA) is 83.0 Å². The van der Waals surface area contributed by atoms with Crippen LogP contribution in [0.5, 0.6) is 0 Å². The SMILES string of the molecule is O[C@H]1CNC[C@H]1Nc1cc(-c2ccc(Cl)cc2)nc(-c2cccnc2)n1. The van der Waals surface area contributed by atoms with Crippen molar-refractivity contribution >= 4 is 17.4 Å². The summed E-state index contributed by atoms with van der Waals surface area (Å²) >= 11 is 6.00. The predicted molar refractivity (Wildman–Crippen MR) is 102 cm³/mol. The molecule has 26 heavy (non-hydrogen) atoms. The third kappa shape index (κ3) is 3.67. The normalized spacial score (nSPS) is 19.5. The van der Waals surface area contributed by atoms with Gasteiger partial charge in [0.25, 0.3) is 0 Å². The Kier molecular flexibility index (Phi) is 4.79. The van der Waals surface area contributed by atoms with Gasteiger partial charge in [-0.25, -0.2) is 9.97 Å². The number of halogens is 1. The van der Waals surface area contributed by atoms with Crippen molar-refractivity contribution in [3.63, 3.8) is 0 Å². The summed E-state index contributed by atoms with van der Waals surface area (Å²) in [5, 5.41) is 17.2. The molecule has 1 saturated heterocycles. The molecule has 6 nitrogen and oxygen atoms in total. The number of nitrogens with one attached hydrogen (secondary N) is 2. The molecule has 0 amide bonds. The first-order valence-corrected chi connectivity index (χ1v) is 8.77. The van der Waals surface area contributed by atoms with Crippen LogP contribution in [0.3, 0.4) is 0 Å². The van der Waals surface area contributed by atoms with Gasteiger partial charge in [-0.3, -0.25) is 4.98 Å². The Balaban J connectivity index is 1.75. The van der Waals surface area contributed by atoms with E-state index in [4.69, 9.17) is 11.6 Å². The smallest absolute Gasteiger partial charge is 0.163 e. The number of aromatic nitrogens is 3. The number of β-amino-alcohol motifs (C(OH)–C–C–N with tert-alkyl or cyclic N) is 1. The van der Waals surface area contributed by atoms with Gasteiger partial charge >= 0.3 is 0 Å². The zero-order chi connectivity index (χ0) is 17.9. The predicted octanol–water partition coefficient (Wildman–Crippen LogP) is 2.60. The molecule has 0 aliphatic carbocycles. The lowest BCUT2D eigenvalue weighted by Crippen LogP contribution is -2.32. The Hall–Kier alpha value is -2.54. The molecule has 4 rings (SSSR count). The van der Waals surface area contributed by atoms with Gasteiger partial charge in [-0.15, -0.1) is 0 Å². The molecule has 1 aliphatic heterocycles. The van der Waals surface area contributed by atoms with Gasteiger partial charge in [0.2, 0.25) is 0 Å². The van der Waals surface area contributed by atoms with E-state index in [9.17, 15) is 5.11 Å². The highest BCUT2D eigenvalue weighted by molar-refractivity contribution is 6.30. The first-order chi connectivity index (χ1) is 12.7. The standard InChI is InChI=1S/C19H18ClN5O/c20-14-5-3-12(4-6-14)15-8-18(23-16-10-22-11-17(16)26)25-19(24-15)13-2-1-7-21-9-13/h1-9,16-17,22,26H,10-11H2,(H,23,24,25)/t16-,17+/m1/s1. The molecule has 2 atom stereocenters. The van der Waals surface area contributed by atoms with Crippen LogP contribution in [0.4, 0.5) is 5.82 Å². The third-order valence-corrected chi connectivity index (χ3v) is 4.55. The summed E-state index contributed by atoms with van der Waals surface area (Å²) in [6.45, 7) is 1.26. The molecule has 7 heteroatoms. The molecule has 1 aromatic carbocycles. The molecule has 0 saturated carbocycles. The van der Waals surface area contributed by atoms with E-state index in [-0.39, 0.29) is 6.04 Å². The maximum atomic E-state index is 10.1. The van der Waals surface area contributed by atoms with Gasteiger partial charge in [-0.2, -0.15) is 0 Å². The van der Waals surface area contributed by atoms with Gasteiger partial charge < -0.3 is 15.7 Å². The fourth-order valence-electron chi connectivity index (χ4n) is 2.92. The first kappa shape index (κ1) is 16.9. The summed E-state index contributed by atoms with van der Waals surface area (Å²) in [5.41, 5.74) is 2.55. The Labute approximate surface area is 156 Å². The second kappa shape index (κ2) is 7.37. The van der Waals surface area contributed by atoms with Crippen LogP contribution in [-0.4, -0.2) is 45.3 Å². The van der Waals surface area contributed by atoms with Crippen molar-refractivity contribution in [2.24, 2.45) is 0 Å². The van der Waals surface area contributed by atoms with E-state index in [2.05, 4.69) is 25.6 Å². The molecule has 0 radical (unpaired) electrons. The Morgan fingerprint density at radius 3 is 2.62 bits per heavy atom. The van der Waals surface area contributed by atoms with E-state index in [0.29, 0.717) is 29.8 Å². The van der Waals surface area contributed by atoms with E-state index in [1.807, 2.05) is 42.5 Å². The van der Waals surface area contributed by atoms with Crippen LogP contribution < -0.4 is 10.6 Å². The zero-order valence-corrected chi connectivity index (χ0v) is 14.7. The molecule has 2 aromatic heterocycles. The Bertz CT molecular complexity index is 888. The zero-order valence-electron chi connectivity index (χ0n) is 13.9. The minimum Gasteiger partial charge on any atom is -0.390 e. The van der Waals surface area contributed by atoms with Crippen LogP contribution >= 0.6 is 11.6 Å². The second-order valence-electron chi connectivity index (χ2n) is 6.19. The van der Waals surface area contributed by atoms with Crippen molar-refractivity contribution in [3.8, 4) is 22.6 Å². The van der Waals surface area contributed by atoms with Gasteiger partial charge in [-0.1, -0.05) is 23.7 Å². The minimum atomic E-state index is -0.453. The fourth-order valence-corrected chi connectivity index (χ4v) is 3.04.